The van der Waals surface area contributed by atoms with E-state index in [1.54, 1.807) is 0 Å². The molecule has 0 aromatic heterocycles. The van der Waals surface area contributed by atoms with Crippen molar-refractivity contribution in [2.45, 2.75) is 17.5 Å². The molecule has 21 heavy (non-hydrogen) atoms. The monoisotopic (exact) mass is 317 g/mol. The highest BCUT2D eigenvalue weighted by Crippen LogP contribution is 2.40. The fourth-order valence-corrected chi connectivity index (χ4v) is 3.55. The van der Waals surface area contributed by atoms with Gasteiger partial charge in [-0.05, 0) is 24.6 Å². The molecule has 1 atom stereocenters. The van der Waals surface area contributed by atoms with Gasteiger partial charge in [0.15, 0.2) is 0 Å². The topological polar surface area (TPSA) is 29.5 Å². The molecule has 1 amide bonds. The first-order chi connectivity index (χ1) is 9.97. The number of carbonyl (C=O) groups is 1. The molecule has 0 radical (unpaired) electrons. The molecule has 114 valence electrons. The number of ether oxygens (including phenoxy) is 1. The molecule has 2 aliphatic heterocycles. The summed E-state index contributed by atoms with van der Waals surface area (Å²) in [6.45, 7) is 1.33. The Balaban J connectivity index is 1.94. The van der Waals surface area contributed by atoms with Crippen molar-refractivity contribution in [2.24, 2.45) is 5.92 Å². The number of carbonyl (C=O) groups excluding carboxylic acids is 1. The number of halogens is 3. The highest BCUT2D eigenvalue weighted by Gasteiger charge is 2.35. The molecule has 2 aliphatic rings. The van der Waals surface area contributed by atoms with E-state index in [4.69, 9.17) is 4.74 Å². The van der Waals surface area contributed by atoms with Crippen LogP contribution in [-0.4, -0.2) is 31.4 Å². The lowest BCUT2D eigenvalue weighted by atomic mass is 10.1. The molecule has 1 fully saturated rings. The zero-order valence-corrected chi connectivity index (χ0v) is 12.0. The van der Waals surface area contributed by atoms with Gasteiger partial charge >= 0.3 is 6.18 Å². The number of amides is 1. The van der Waals surface area contributed by atoms with Gasteiger partial charge in [0.2, 0.25) is 5.91 Å². The molecule has 0 saturated carbocycles. The van der Waals surface area contributed by atoms with Crippen molar-refractivity contribution >= 4 is 23.4 Å². The van der Waals surface area contributed by atoms with Gasteiger partial charge in [0.1, 0.15) is 0 Å². The third-order valence-corrected chi connectivity index (χ3v) is 4.74. The molecule has 2 heterocycles. The lowest BCUT2D eigenvalue weighted by Crippen LogP contribution is -2.40. The van der Waals surface area contributed by atoms with E-state index >= 15 is 0 Å². The van der Waals surface area contributed by atoms with Crippen molar-refractivity contribution in [3.05, 3.63) is 23.8 Å². The van der Waals surface area contributed by atoms with Gasteiger partial charge in [-0.1, -0.05) is 0 Å². The van der Waals surface area contributed by atoms with Crippen molar-refractivity contribution in [3.63, 3.8) is 0 Å². The highest BCUT2D eigenvalue weighted by molar-refractivity contribution is 7.99. The van der Waals surface area contributed by atoms with Crippen LogP contribution in [0.4, 0.5) is 18.9 Å². The second-order valence-electron chi connectivity index (χ2n) is 5.08. The van der Waals surface area contributed by atoms with Crippen LogP contribution in [-0.2, 0) is 15.7 Å². The molecule has 0 spiro atoms. The van der Waals surface area contributed by atoms with E-state index in [0.717, 1.165) is 17.0 Å². The summed E-state index contributed by atoms with van der Waals surface area (Å²) in [5.41, 5.74) is -0.345. The lowest BCUT2D eigenvalue weighted by molar-refractivity contribution is -0.137. The Morgan fingerprint density at radius 3 is 2.86 bits per heavy atom. The minimum atomic E-state index is -4.40. The number of thioether (sulfide) groups is 1. The summed E-state index contributed by atoms with van der Waals surface area (Å²) in [5, 5.41) is 0. The summed E-state index contributed by atoms with van der Waals surface area (Å²) >= 11 is 1.48. The van der Waals surface area contributed by atoms with Crippen LogP contribution < -0.4 is 4.90 Å². The Bertz CT molecular complexity index is 556. The van der Waals surface area contributed by atoms with E-state index in [2.05, 4.69) is 0 Å². The number of fused-ring (bicyclic) bond motifs is 1. The Morgan fingerprint density at radius 2 is 2.19 bits per heavy atom. The normalized spacial score (nSPS) is 22.2. The van der Waals surface area contributed by atoms with Crippen molar-refractivity contribution in [1.82, 2.24) is 0 Å². The smallest absolute Gasteiger partial charge is 0.381 e. The molecule has 0 N–H and O–H groups in total. The maximum Gasteiger partial charge on any atom is 0.416 e. The molecule has 1 aromatic carbocycles. The molecule has 3 nitrogen and oxygen atoms in total. The van der Waals surface area contributed by atoms with Gasteiger partial charge in [-0.25, -0.2) is 0 Å². The molecule has 1 aromatic rings. The summed E-state index contributed by atoms with van der Waals surface area (Å²) < 4.78 is 43.8. The Labute approximate surface area is 124 Å². The Morgan fingerprint density at radius 1 is 1.38 bits per heavy atom. The molecular weight excluding hydrogens is 303 g/mol. The van der Waals surface area contributed by atoms with Gasteiger partial charge in [-0.2, -0.15) is 13.2 Å². The minimum absolute atomic E-state index is 0.131. The summed E-state index contributed by atoms with van der Waals surface area (Å²) in [7, 11) is 0. The first kappa shape index (κ1) is 14.7. The van der Waals surface area contributed by atoms with E-state index in [1.165, 1.54) is 22.7 Å². The zero-order valence-electron chi connectivity index (χ0n) is 11.2. The molecule has 1 saturated heterocycles. The minimum Gasteiger partial charge on any atom is -0.381 e. The predicted octanol–water partition coefficient (Wildman–Crippen LogP) is 3.18. The van der Waals surface area contributed by atoms with Crippen molar-refractivity contribution in [2.75, 3.05) is 30.4 Å². The molecule has 3 rings (SSSR count). The number of anilines is 1. The van der Waals surface area contributed by atoms with E-state index in [-0.39, 0.29) is 11.8 Å². The third-order valence-electron chi connectivity index (χ3n) is 3.69. The number of nitrogens with zero attached hydrogens (tertiary/aromatic N) is 1. The fourth-order valence-electron chi connectivity index (χ4n) is 2.57. The second kappa shape index (κ2) is 5.53. The summed E-state index contributed by atoms with van der Waals surface area (Å²) in [4.78, 5) is 14.7. The highest BCUT2D eigenvalue weighted by atomic mass is 32.2. The van der Waals surface area contributed by atoms with Crippen molar-refractivity contribution in [3.8, 4) is 0 Å². The maximum atomic E-state index is 12.9. The predicted molar refractivity (Wildman–Crippen MR) is 73.4 cm³/mol. The van der Waals surface area contributed by atoms with E-state index in [1.807, 2.05) is 0 Å². The van der Waals surface area contributed by atoms with Crippen LogP contribution >= 0.6 is 11.8 Å². The molecular formula is C14H14F3NO2S. The number of alkyl halides is 3. The van der Waals surface area contributed by atoms with Gasteiger partial charge in [0.05, 0.1) is 23.8 Å². The molecule has 0 aliphatic carbocycles. The van der Waals surface area contributed by atoms with Crippen LogP contribution in [0.2, 0.25) is 0 Å². The average molecular weight is 317 g/mol. The van der Waals surface area contributed by atoms with Crippen LogP contribution in [0.5, 0.6) is 0 Å². The van der Waals surface area contributed by atoms with Gasteiger partial charge < -0.3 is 9.64 Å². The van der Waals surface area contributed by atoms with Crippen molar-refractivity contribution in [1.29, 1.82) is 0 Å². The van der Waals surface area contributed by atoms with Gasteiger partial charge in [0.25, 0.3) is 0 Å². The quantitative estimate of drug-likeness (QED) is 0.797. The first-order valence-corrected chi connectivity index (χ1v) is 7.68. The number of benzene rings is 1. The van der Waals surface area contributed by atoms with Crippen LogP contribution in [0.25, 0.3) is 0 Å². The number of hydrogen-bond donors (Lipinski definition) is 0. The summed E-state index contributed by atoms with van der Waals surface area (Å²) in [5.74, 6) is 0.321. The zero-order chi connectivity index (χ0) is 15.0. The standard InChI is InChI=1S/C14H14F3NO2S/c15-14(16,17)10-1-2-12-11(7-10)18(4-6-21-12)13(19)9-3-5-20-8-9/h1-2,7,9H,3-6,8H2/t9-/m0/s1. The number of hydrogen-bond acceptors (Lipinski definition) is 3. The summed E-state index contributed by atoms with van der Waals surface area (Å²) in [6, 6.07) is 3.60. The summed E-state index contributed by atoms with van der Waals surface area (Å²) in [6.07, 6.45) is -3.76. The van der Waals surface area contributed by atoms with E-state index < -0.39 is 11.7 Å². The van der Waals surface area contributed by atoms with Crippen LogP contribution in [0.3, 0.4) is 0 Å². The van der Waals surface area contributed by atoms with Gasteiger partial charge in [0, 0.05) is 23.8 Å². The lowest BCUT2D eigenvalue weighted by Gasteiger charge is -2.31. The SMILES string of the molecule is O=C([C@H]1CCOC1)N1CCSc2ccc(C(F)(F)F)cc21. The molecule has 0 unspecified atom stereocenters. The molecule has 0 bridgehead atoms. The van der Waals surface area contributed by atoms with Crippen molar-refractivity contribution < 1.29 is 22.7 Å². The Kier molecular flexibility index (Phi) is 3.88. The number of rotatable bonds is 1. The van der Waals surface area contributed by atoms with Crippen LogP contribution in [0.1, 0.15) is 12.0 Å². The molecule has 7 heteroatoms. The van der Waals surface area contributed by atoms with E-state index in [0.29, 0.717) is 37.6 Å². The van der Waals surface area contributed by atoms with Gasteiger partial charge in [-0.15, -0.1) is 11.8 Å². The Hall–Kier alpha value is -1.21. The second-order valence-corrected chi connectivity index (χ2v) is 6.22. The average Bonchev–Trinajstić information content (AvgIpc) is 2.98. The fraction of sp³-hybridized carbons (Fsp3) is 0.500. The van der Waals surface area contributed by atoms with Gasteiger partial charge in [-0.3, -0.25) is 4.79 Å². The van der Waals surface area contributed by atoms with Crippen LogP contribution in [0.15, 0.2) is 23.1 Å². The third kappa shape index (κ3) is 2.89. The maximum absolute atomic E-state index is 12.9. The largest absolute Gasteiger partial charge is 0.416 e. The van der Waals surface area contributed by atoms with Crippen LogP contribution in [0, 0.1) is 5.92 Å². The first-order valence-electron chi connectivity index (χ1n) is 6.70. The van der Waals surface area contributed by atoms with E-state index in [9.17, 15) is 18.0 Å².